The van der Waals surface area contributed by atoms with Gasteiger partial charge in [-0.15, -0.1) is 0 Å². The molecule has 0 saturated heterocycles. The van der Waals surface area contributed by atoms with E-state index >= 15 is 0 Å². The number of nitrogens with one attached hydrogen (secondary N) is 1. The largest absolute Gasteiger partial charge is 0.324 e. The molecule has 1 aromatic heterocycles. The van der Waals surface area contributed by atoms with E-state index in [-0.39, 0.29) is 18.3 Å². The summed E-state index contributed by atoms with van der Waals surface area (Å²) in [6.45, 7) is 1.88. The topological polar surface area (TPSA) is 75.9 Å². The molecule has 34 heavy (non-hydrogen) atoms. The Hall–Kier alpha value is -4.40. The van der Waals surface area contributed by atoms with E-state index in [1.165, 1.54) is 6.07 Å². The Balaban J connectivity index is 1.51. The van der Waals surface area contributed by atoms with Crippen molar-refractivity contribution in [3.05, 3.63) is 107 Å². The van der Waals surface area contributed by atoms with Gasteiger partial charge >= 0.3 is 0 Å². The van der Waals surface area contributed by atoms with Crippen molar-refractivity contribution in [2.75, 3.05) is 16.8 Å². The Bertz CT molecular complexity index is 1370. The second-order valence-corrected chi connectivity index (χ2v) is 7.96. The van der Waals surface area contributed by atoms with Gasteiger partial charge in [0.1, 0.15) is 12.6 Å². The third-order valence-electron chi connectivity index (χ3n) is 5.58. The quantitative estimate of drug-likeness (QED) is 0.481. The minimum atomic E-state index is -1.04. The van der Waals surface area contributed by atoms with Crippen LogP contribution >= 0.6 is 0 Å². The van der Waals surface area contributed by atoms with Crippen LogP contribution in [0.25, 0.3) is 5.70 Å². The van der Waals surface area contributed by atoms with Crippen molar-refractivity contribution < 1.29 is 13.6 Å². The van der Waals surface area contributed by atoms with Gasteiger partial charge in [-0.1, -0.05) is 65.3 Å². The average Bonchev–Trinajstić information content (AvgIpc) is 3.33. The summed E-state index contributed by atoms with van der Waals surface area (Å²) >= 11 is 0. The zero-order chi connectivity index (χ0) is 23.7. The van der Waals surface area contributed by atoms with E-state index in [9.17, 15) is 13.6 Å². The number of carbonyl (C=O) groups is 1. The minimum Gasteiger partial charge on any atom is -0.324 e. The number of carbonyl (C=O) groups excluding carboxylic acids is 1. The number of aryl methyl sites for hydroxylation is 1. The maximum absolute atomic E-state index is 13.6. The number of fused-ring (bicyclic) bond motifs is 1. The van der Waals surface area contributed by atoms with Crippen molar-refractivity contribution in [2.45, 2.75) is 13.0 Å². The summed E-state index contributed by atoms with van der Waals surface area (Å²) in [5.41, 5.74) is 3.93. The predicted octanol–water partition coefficient (Wildman–Crippen LogP) is 4.35. The standard InChI is InChI=1S/C25H20F2N6O/c1-16-7-9-18(10-8-16)23-14-22(17-5-3-2-4-6-17)32(25-29-30-31-33(23)25)15-24(34)28-19-11-12-20(26)21(27)13-19/h2-14,23H,15H2,1H3,(H,28,34)/t23-/m0/s1. The summed E-state index contributed by atoms with van der Waals surface area (Å²) in [7, 11) is 0. The van der Waals surface area contributed by atoms with Crippen molar-refractivity contribution in [1.82, 2.24) is 20.2 Å². The molecule has 0 unspecified atom stereocenters. The zero-order valence-corrected chi connectivity index (χ0v) is 18.2. The fourth-order valence-corrected chi connectivity index (χ4v) is 3.90. The molecule has 0 spiro atoms. The second kappa shape index (κ2) is 8.86. The minimum absolute atomic E-state index is 0.138. The Kier molecular flexibility index (Phi) is 5.59. The number of aromatic nitrogens is 4. The van der Waals surface area contributed by atoms with Crippen molar-refractivity contribution in [3.63, 3.8) is 0 Å². The van der Waals surface area contributed by atoms with E-state index in [2.05, 4.69) is 20.8 Å². The number of benzene rings is 3. The van der Waals surface area contributed by atoms with E-state index in [1.54, 1.807) is 9.58 Å². The predicted molar refractivity (Wildman–Crippen MR) is 124 cm³/mol. The van der Waals surface area contributed by atoms with Crippen LogP contribution in [0, 0.1) is 18.6 Å². The number of rotatable bonds is 5. The molecule has 1 amide bonds. The third kappa shape index (κ3) is 4.15. The van der Waals surface area contributed by atoms with Crippen LogP contribution in [0.4, 0.5) is 20.4 Å². The Morgan fingerprint density at radius 3 is 2.50 bits per heavy atom. The number of hydrogen-bond donors (Lipinski definition) is 1. The first-order chi connectivity index (χ1) is 16.5. The molecule has 4 aromatic rings. The highest BCUT2D eigenvalue weighted by atomic mass is 19.2. The summed E-state index contributed by atoms with van der Waals surface area (Å²) in [5.74, 6) is -2.06. The van der Waals surface area contributed by atoms with Gasteiger partial charge < -0.3 is 5.32 Å². The normalized spacial score (nSPS) is 15.0. The third-order valence-corrected chi connectivity index (χ3v) is 5.58. The molecule has 0 fully saturated rings. The van der Waals surface area contributed by atoms with Gasteiger partial charge in [-0.25, -0.2) is 8.78 Å². The maximum atomic E-state index is 13.6. The molecule has 2 heterocycles. The number of tetrazole rings is 1. The first-order valence-electron chi connectivity index (χ1n) is 10.6. The first kappa shape index (κ1) is 21.4. The molecule has 0 aliphatic carbocycles. The molecule has 5 rings (SSSR count). The van der Waals surface area contributed by atoms with Gasteiger partial charge in [-0.3, -0.25) is 9.69 Å². The van der Waals surface area contributed by atoms with E-state index in [1.807, 2.05) is 67.6 Å². The van der Waals surface area contributed by atoms with Crippen LogP contribution in [-0.4, -0.2) is 32.7 Å². The van der Waals surface area contributed by atoms with E-state index in [0.717, 1.165) is 34.5 Å². The Morgan fingerprint density at radius 2 is 1.76 bits per heavy atom. The van der Waals surface area contributed by atoms with Crippen molar-refractivity contribution >= 4 is 23.2 Å². The summed E-state index contributed by atoms with van der Waals surface area (Å²) < 4.78 is 28.5. The molecule has 1 aliphatic rings. The molecule has 0 saturated carbocycles. The van der Waals surface area contributed by atoms with Gasteiger partial charge in [0.2, 0.25) is 5.91 Å². The smallest absolute Gasteiger partial charge is 0.251 e. The van der Waals surface area contributed by atoms with Crippen LogP contribution in [0.5, 0.6) is 0 Å². The highest BCUT2D eigenvalue weighted by molar-refractivity contribution is 5.97. The van der Waals surface area contributed by atoms with Gasteiger partial charge in [0, 0.05) is 11.8 Å². The lowest BCUT2D eigenvalue weighted by Gasteiger charge is -2.32. The molecule has 1 aliphatic heterocycles. The van der Waals surface area contributed by atoms with Gasteiger partial charge in [0.15, 0.2) is 11.6 Å². The van der Waals surface area contributed by atoms with Crippen LogP contribution in [0.3, 0.4) is 0 Å². The van der Waals surface area contributed by atoms with E-state index in [0.29, 0.717) is 5.95 Å². The lowest BCUT2D eigenvalue weighted by Crippen LogP contribution is -2.37. The highest BCUT2D eigenvalue weighted by Crippen LogP contribution is 2.36. The molecule has 9 heteroatoms. The van der Waals surface area contributed by atoms with Crippen molar-refractivity contribution in [1.29, 1.82) is 0 Å². The fourth-order valence-electron chi connectivity index (χ4n) is 3.90. The van der Waals surface area contributed by atoms with E-state index in [4.69, 9.17) is 0 Å². The second-order valence-electron chi connectivity index (χ2n) is 7.96. The maximum Gasteiger partial charge on any atom is 0.251 e. The van der Waals surface area contributed by atoms with Crippen molar-refractivity contribution in [3.8, 4) is 0 Å². The molecular formula is C25H20F2N6O. The molecule has 170 valence electrons. The van der Waals surface area contributed by atoms with Crippen LogP contribution in [0.1, 0.15) is 22.7 Å². The van der Waals surface area contributed by atoms with Crippen LogP contribution in [-0.2, 0) is 4.79 Å². The first-order valence-corrected chi connectivity index (χ1v) is 10.6. The molecular weight excluding hydrogens is 438 g/mol. The van der Waals surface area contributed by atoms with Crippen LogP contribution < -0.4 is 10.2 Å². The van der Waals surface area contributed by atoms with Crippen molar-refractivity contribution in [2.24, 2.45) is 0 Å². The lowest BCUT2D eigenvalue weighted by molar-refractivity contribution is -0.114. The SMILES string of the molecule is Cc1ccc([C@@H]2C=C(c3ccccc3)N(CC(=O)Nc3ccc(F)c(F)c3)c3nnnn32)cc1. The van der Waals surface area contributed by atoms with E-state index < -0.39 is 17.5 Å². The number of amides is 1. The average molecular weight is 458 g/mol. The molecule has 1 N–H and O–H groups in total. The molecule has 1 atom stereocenters. The van der Waals surface area contributed by atoms with Gasteiger partial charge in [-0.05, 0) is 46.7 Å². The Labute approximate surface area is 194 Å². The summed E-state index contributed by atoms with van der Waals surface area (Å²) in [6.07, 6.45) is 2.01. The van der Waals surface area contributed by atoms with Gasteiger partial charge in [0.05, 0.1) is 5.70 Å². The lowest BCUT2D eigenvalue weighted by atomic mass is 10.00. The monoisotopic (exact) mass is 458 g/mol. The Morgan fingerprint density at radius 1 is 1.00 bits per heavy atom. The summed E-state index contributed by atoms with van der Waals surface area (Å²) in [4.78, 5) is 14.6. The number of anilines is 2. The molecule has 7 nitrogen and oxygen atoms in total. The van der Waals surface area contributed by atoms with Crippen LogP contribution in [0.15, 0.2) is 78.9 Å². The molecule has 3 aromatic carbocycles. The fraction of sp³-hybridized carbons (Fsp3) is 0.120. The van der Waals surface area contributed by atoms with Crippen LogP contribution in [0.2, 0.25) is 0 Å². The molecule has 0 bridgehead atoms. The van der Waals surface area contributed by atoms with Gasteiger partial charge in [-0.2, -0.15) is 4.68 Å². The highest BCUT2D eigenvalue weighted by Gasteiger charge is 2.31. The summed E-state index contributed by atoms with van der Waals surface area (Å²) in [5, 5.41) is 14.8. The number of halogens is 2. The van der Waals surface area contributed by atoms with Gasteiger partial charge in [0.25, 0.3) is 5.95 Å². The molecule has 0 radical (unpaired) electrons. The zero-order valence-electron chi connectivity index (χ0n) is 18.2. The summed E-state index contributed by atoms with van der Waals surface area (Å²) in [6, 6.07) is 20.7. The number of hydrogen-bond acceptors (Lipinski definition) is 5. The number of nitrogens with zero attached hydrogens (tertiary/aromatic N) is 5. The number of allylic oxidation sites excluding steroid dienone is 1.